The minimum absolute atomic E-state index is 0.00338. The summed E-state index contributed by atoms with van der Waals surface area (Å²) in [6, 6.07) is 16.7. The normalized spacial score (nSPS) is 15.4. The molecule has 0 bridgehead atoms. The number of benzene rings is 2. The molecule has 0 saturated heterocycles. The Hall–Kier alpha value is -4.12. The quantitative estimate of drug-likeness (QED) is 0.323. The Morgan fingerprint density at radius 3 is 2.47 bits per heavy atom. The van der Waals surface area contributed by atoms with Gasteiger partial charge < -0.3 is 14.3 Å². The van der Waals surface area contributed by atoms with Gasteiger partial charge in [-0.1, -0.05) is 18.2 Å². The van der Waals surface area contributed by atoms with E-state index in [2.05, 4.69) is 10.6 Å². The number of allylic oxidation sites excluding steroid dienone is 1. The fourth-order valence-corrected chi connectivity index (χ4v) is 4.61. The molecule has 3 aromatic rings. The van der Waals surface area contributed by atoms with Crippen LogP contribution in [0.5, 0.6) is 0 Å². The number of aryl methyl sites for hydroxylation is 1. The zero-order valence-corrected chi connectivity index (χ0v) is 18.1. The summed E-state index contributed by atoms with van der Waals surface area (Å²) in [5.74, 6) is 0.449. The molecule has 0 saturated carbocycles. The topological polar surface area (TPSA) is 95.4 Å². The lowest BCUT2D eigenvalue weighted by molar-refractivity contribution is -0.384. The highest BCUT2D eigenvalue weighted by Gasteiger charge is 2.38. The van der Waals surface area contributed by atoms with E-state index in [1.807, 2.05) is 55.2 Å². The Bertz CT molecular complexity index is 1280. The lowest BCUT2D eigenvalue weighted by atomic mass is 9.86. The van der Waals surface area contributed by atoms with Gasteiger partial charge in [-0.25, -0.2) is 0 Å². The van der Waals surface area contributed by atoms with Gasteiger partial charge in [0.05, 0.1) is 33.5 Å². The molecule has 8 nitrogen and oxygen atoms in total. The number of carbonyl (C=O) groups excluding carboxylic acids is 1. The van der Waals surface area contributed by atoms with E-state index in [4.69, 9.17) is 0 Å². The minimum Gasteiger partial charge on any atom is -0.363 e. The largest absolute Gasteiger partial charge is 0.363 e. The summed E-state index contributed by atoms with van der Waals surface area (Å²) in [5.41, 5.74) is 4.18. The van der Waals surface area contributed by atoms with E-state index in [1.165, 1.54) is 12.1 Å². The first kappa shape index (κ1) is 21.1. The average molecular weight is 429 g/mol. The fourth-order valence-electron chi connectivity index (χ4n) is 4.61. The molecule has 0 aliphatic carbocycles. The zero-order chi connectivity index (χ0) is 23.0. The van der Waals surface area contributed by atoms with E-state index in [0.29, 0.717) is 24.2 Å². The molecule has 0 radical (unpaired) electrons. The van der Waals surface area contributed by atoms with Gasteiger partial charge >= 0.3 is 0 Å². The second-order valence-electron chi connectivity index (χ2n) is 7.96. The summed E-state index contributed by atoms with van der Waals surface area (Å²) >= 11 is 0. The van der Waals surface area contributed by atoms with Crippen molar-refractivity contribution < 1.29 is 9.72 Å². The van der Waals surface area contributed by atoms with E-state index in [1.54, 1.807) is 12.1 Å². The fraction of sp³-hybridized carbons (Fsp3) is 0.250. The van der Waals surface area contributed by atoms with Crippen LogP contribution in [0.4, 0.5) is 17.1 Å². The summed E-state index contributed by atoms with van der Waals surface area (Å²) in [6.07, 6.45) is 1.75. The number of rotatable bonds is 6. The Morgan fingerprint density at radius 2 is 1.88 bits per heavy atom. The van der Waals surface area contributed by atoms with Crippen molar-refractivity contribution in [1.82, 2.24) is 9.47 Å². The summed E-state index contributed by atoms with van der Waals surface area (Å²) in [4.78, 5) is 25.9. The van der Waals surface area contributed by atoms with Crippen LogP contribution in [0.15, 0.2) is 59.9 Å². The molecule has 1 aliphatic rings. The molecular formula is C24H23N5O3. The highest BCUT2D eigenvalue weighted by molar-refractivity contribution is 6.00. The lowest BCUT2D eigenvalue weighted by Gasteiger charge is -2.39. The second kappa shape index (κ2) is 8.19. The number of para-hydroxylation sites is 1. The molecule has 0 spiro atoms. The molecule has 0 fully saturated rings. The van der Waals surface area contributed by atoms with Crippen molar-refractivity contribution >= 4 is 34.3 Å². The number of anilines is 2. The first-order valence-electron chi connectivity index (χ1n) is 10.3. The Morgan fingerprint density at radius 1 is 1.19 bits per heavy atom. The van der Waals surface area contributed by atoms with Crippen molar-refractivity contribution in [3.63, 3.8) is 0 Å². The van der Waals surface area contributed by atoms with Crippen molar-refractivity contribution in [3.05, 3.63) is 75.7 Å². The molecule has 1 atom stereocenters. The van der Waals surface area contributed by atoms with E-state index < -0.39 is 4.92 Å². The van der Waals surface area contributed by atoms with Crippen LogP contribution in [0.3, 0.4) is 0 Å². The average Bonchev–Trinajstić information content (AvgIpc) is 3.09. The molecule has 0 amide bonds. The third kappa shape index (κ3) is 3.19. The first-order valence-corrected chi connectivity index (χ1v) is 10.3. The van der Waals surface area contributed by atoms with Crippen molar-refractivity contribution in [2.45, 2.75) is 18.8 Å². The summed E-state index contributed by atoms with van der Waals surface area (Å²) in [7, 11) is 5.72. The van der Waals surface area contributed by atoms with Crippen molar-refractivity contribution in [2.24, 2.45) is 7.05 Å². The van der Waals surface area contributed by atoms with Crippen LogP contribution in [-0.2, 0) is 11.8 Å². The predicted octanol–water partition coefficient (Wildman–Crippen LogP) is 4.60. The number of hydrogen-bond donors (Lipinski definition) is 0. The standard InChI is InChI=1S/C24H23N5O3/c1-26(2)24-20(15-25)18(8-6-14-30)22-23(19-7-4-5-9-21(19)27(22)3)28(24)16-10-12-17(13-11-16)29(31)32/h4-5,7,9-14,18H,6,8H2,1-3H3. The Balaban J connectivity index is 2.07. The van der Waals surface area contributed by atoms with Crippen LogP contribution in [0, 0.1) is 21.4 Å². The molecule has 32 heavy (non-hydrogen) atoms. The number of nitro benzene ring substituents is 1. The van der Waals surface area contributed by atoms with Crippen molar-refractivity contribution in [3.8, 4) is 6.07 Å². The van der Waals surface area contributed by atoms with E-state index in [-0.39, 0.29) is 11.6 Å². The highest BCUT2D eigenvalue weighted by atomic mass is 16.6. The number of nitrogens with zero attached hydrogens (tertiary/aromatic N) is 5. The third-order valence-corrected chi connectivity index (χ3v) is 5.92. The van der Waals surface area contributed by atoms with Crippen LogP contribution < -0.4 is 4.90 Å². The van der Waals surface area contributed by atoms with E-state index in [9.17, 15) is 20.2 Å². The number of carbonyl (C=O) groups is 1. The third-order valence-electron chi connectivity index (χ3n) is 5.92. The molecule has 1 aliphatic heterocycles. The number of aldehydes is 1. The number of nitro groups is 1. The van der Waals surface area contributed by atoms with Crippen molar-refractivity contribution in [1.29, 1.82) is 5.26 Å². The molecule has 1 unspecified atom stereocenters. The lowest BCUT2D eigenvalue weighted by Crippen LogP contribution is -2.34. The number of non-ortho nitro benzene ring substituents is 1. The summed E-state index contributed by atoms with van der Waals surface area (Å²) < 4.78 is 2.09. The monoisotopic (exact) mass is 429 g/mol. The zero-order valence-electron chi connectivity index (χ0n) is 18.1. The van der Waals surface area contributed by atoms with Crippen LogP contribution in [0.25, 0.3) is 10.9 Å². The maximum atomic E-state index is 11.2. The minimum atomic E-state index is -0.428. The van der Waals surface area contributed by atoms with E-state index in [0.717, 1.165) is 34.3 Å². The predicted molar refractivity (Wildman–Crippen MR) is 123 cm³/mol. The molecular weight excluding hydrogens is 406 g/mol. The van der Waals surface area contributed by atoms with Gasteiger partial charge in [0.1, 0.15) is 12.1 Å². The van der Waals surface area contributed by atoms with Crippen molar-refractivity contribution in [2.75, 3.05) is 19.0 Å². The van der Waals surface area contributed by atoms with Gasteiger partial charge in [-0.15, -0.1) is 0 Å². The maximum absolute atomic E-state index is 11.2. The number of fused-ring (bicyclic) bond motifs is 3. The van der Waals surface area contributed by atoms with Gasteiger partial charge in [0, 0.05) is 56.7 Å². The number of aromatic nitrogens is 1. The molecule has 2 aromatic carbocycles. The number of hydrogen-bond acceptors (Lipinski definition) is 6. The first-order chi connectivity index (χ1) is 15.4. The number of nitriles is 1. The van der Waals surface area contributed by atoms with Crippen LogP contribution >= 0.6 is 0 Å². The van der Waals surface area contributed by atoms with Crippen LogP contribution in [0.1, 0.15) is 24.5 Å². The van der Waals surface area contributed by atoms with Crippen LogP contribution in [-0.4, -0.2) is 34.8 Å². The van der Waals surface area contributed by atoms with Crippen LogP contribution in [0.2, 0.25) is 0 Å². The summed E-state index contributed by atoms with van der Waals surface area (Å²) in [5, 5.41) is 22.4. The summed E-state index contributed by atoms with van der Waals surface area (Å²) in [6.45, 7) is 0. The molecule has 2 heterocycles. The van der Waals surface area contributed by atoms with Gasteiger partial charge in [-0.05, 0) is 24.6 Å². The maximum Gasteiger partial charge on any atom is 0.269 e. The smallest absolute Gasteiger partial charge is 0.269 e. The molecule has 1 aromatic heterocycles. The Labute approximate surface area is 185 Å². The van der Waals surface area contributed by atoms with Gasteiger partial charge in [0.25, 0.3) is 5.69 Å². The molecule has 4 rings (SSSR count). The molecule has 0 N–H and O–H groups in total. The highest BCUT2D eigenvalue weighted by Crippen LogP contribution is 2.51. The molecule has 162 valence electrons. The van der Waals surface area contributed by atoms with Gasteiger partial charge in [0.15, 0.2) is 0 Å². The van der Waals surface area contributed by atoms with Gasteiger partial charge in [-0.2, -0.15) is 5.26 Å². The second-order valence-corrected chi connectivity index (χ2v) is 7.96. The Kier molecular flexibility index (Phi) is 5.41. The molecule has 8 heteroatoms. The SMILES string of the molecule is CN(C)C1=C(C#N)C(CCC=O)c2c(c3ccccc3n2C)N1c1ccc([N+](=O)[O-])cc1. The van der Waals surface area contributed by atoms with E-state index >= 15 is 0 Å². The van der Waals surface area contributed by atoms with Gasteiger partial charge in [0.2, 0.25) is 0 Å². The van der Waals surface area contributed by atoms with Gasteiger partial charge in [-0.3, -0.25) is 15.0 Å².